The molecule has 1 aromatic heterocycles. The molecule has 0 spiro atoms. The molecule has 1 amide bonds. The fourth-order valence-electron chi connectivity index (χ4n) is 2.59. The number of anilines is 2. The smallest absolute Gasteiger partial charge is 0.271 e. The Labute approximate surface area is 133 Å². The second kappa shape index (κ2) is 5.73. The number of aryl methyl sites for hydroxylation is 1. The van der Waals surface area contributed by atoms with Crippen LogP contribution in [0.4, 0.5) is 11.4 Å². The van der Waals surface area contributed by atoms with Crippen LogP contribution in [0.25, 0.3) is 0 Å². The van der Waals surface area contributed by atoms with Gasteiger partial charge in [-0.2, -0.15) is 0 Å². The summed E-state index contributed by atoms with van der Waals surface area (Å²) in [6.45, 7) is 2.20. The number of sulfonamides is 1. The average molecular weight is 336 g/mol. The van der Waals surface area contributed by atoms with E-state index in [4.69, 9.17) is 0 Å². The van der Waals surface area contributed by atoms with E-state index in [9.17, 15) is 13.2 Å². The molecule has 0 radical (unpaired) electrons. The predicted octanol–water partition coefficient (Wildman–Crippen LogP) is 2.85. The maximum Gasteiger partial charge on any atom is 0.271 e. The van der Waals surface area contributed by atoms with Crippen LogP contribution in [0.15, 0.2) is 39.9 Å². The molecule has 0 aliphatic carbocycles. The summed E-state index contributed by atoms with van der Waals surface area (Å²) in [6.07, 6.45) is 1.82. The van der Waals surface area contributed by atoms with Crippen molar-refractivity contribution < 1.29 is 13.2 Å². The Kier molecular flexibility index (Phi) is 3.92. The number of hydrogen-bond donors (Lipinski definition) is 1. The van der Waals surface area contributed by atoms with Gasteiger partial charge in [0, 0.05) is 19.2 Å². The second-order valence-electron chi connectivity index (χ2n) is 5.16. The van der Waals surface area contributed by atoms with Crippen molar-refractivity contribution in [2.24, 2.45) is 0 Å². The van der Waals surface area contributed by atoms with Crippen LogP contribution in [0.5, 0.6) is 0 Å². The molecule has 1 aliphatic heterocycles. The van der Waals surface area contributed by atoms with Crippen molar-refractivity contribution >= 4 is 38.6 Å². The minimum absolute atomic E-state index is 0.0285. The third-order valence-corrected chi connectivity index (χ3v) is 6.37. The van der Waals surface area contributed by atoms with Crippen molar-refractivity contribution in [1.29, 1.82) is 0 Å². The highest BCUT2D eigenvalue weighted by Crippen LogP contribution is 2.31. The van der Waals surface area contributed by atoms with Crippen molar-refractivity contribution in [3.05, 3.63) is 41.3 Å². The zero-order valence-electron chi connectivity index (χ0n) is 12.1. The number of nitrogens with one attached hydrogen (secondary N) is 1. The molecule has 0 bridgehead atoms. The molecule has 0 atom stereocenters. The summed E-state index contributed by atoms with van der Waals surface area (Å²) in [4.78, 5) is 13.4. The van der Waals surface area contributed by atoms with E-state index in [2.05, 4.69) is 4.72 Å². The molecule has 0 saturated carbocycles. The van der Waals surface area contributed by atoms with E-state index < -0.39 is 10.0 Å². The lowest BCUT2D eigenvalue weighted by atomic mass is 10.0. The Hall–Kier alpha value is -1.86. The van der Waals surface area contributed by atoms with E-state index in [-0.39, 0.29) is 10.1 Å². The van der Waals surface area contributed by atoms with Gasteiger partial charge in [0.25, 0.3) is 10.0 Å². The third-order valence-electron chi connectivity index (χ3n) is 3.60. The van der Waals surface area contributed by atoms with Crippen LogP contribution in [0.3, 0.4) is 0 Å². The summed E-state index contributed by atoms with van der Waals surface area (Å²) in [7, 11) is -3.57. The maximum absolute atomic E-state index is 12.3. The van der Waals surface area contributed by atoms with E-state index >= 15 is 0 Å². The zero-order chi connectivity index (χ0) is 15.7. The van der Waals surface area contributed by atoms with Crippen LogP contribution in [0.1, 0.15) is 18.9 Å². The Morgan fingerprint density at radius 2 is 2.14 bits per heavy atom. The summed E-state index contributed by atoms with van der Waals surface area (Å²) < 4.78 is 27.4. The molecule has 1 aliphatic rings. The molecule has 3 rings (SSSR count). The van der Waals surface area contributed by atoms with E-state index in [0.29, 0.717) is 12.2 Å². The molecule has 22 heavy (non-hydrogen) atoms. The highest BCUT2D eigenvalue weighted by molar-refractivity contribution is 7.94. The molecule has 1 N–H and O–H groups in total. The first-order valence-corrected chi connectivity index (χ1v) is 9.31. The number of carbonyl (C=O) groups excluding carboxylic acids is 1. The van der Waals surface area contributed by atoms with E-state index in [0.717, 1.165) is 24.1 Å². The van der Waals surface area contributed by atoms with Crippen LogP contribution in [0, 0.1) is 0 Å². The lowest BCUT2D eigenvalue weighted by molar-refractivity contribution is -0.116. The van der Waals surface area contributed by atoms with Gasteiger partial charge in [0.1, 0.15) is 4.21 Å². The molecule has 2 heterocycles. The van der Waals surface area contributed by atoms with Crippen LogP contribution < -0.4 is 9.62 Å². The molecule has 5 nitrogen and oxygen atoms in total. The number of benzene rings is 1. The molecular formula is C15H16N2O3S2. The molecule has 116 valence electrons. The third kappa shape index (κ3) is 2.86. The van der Waals surface area contributed by atoms with Crippen molar-refractivity contribution in [3.63, 3.8) is 0 Å². The predicted molar refractivity (Wildman–Crippen MR) is 87.9 cm³/mol. The number of carbonyl (C=O) groups is 1. The topological polar surface area (TPSA) is 66.5 Å². The molecule has 0 saturated heterocycles. The first-order valence-electron chi connectivity index (χ1n) is 6.95. The molecule has 0 fully saturated rings. The summed E-state index contributed by atoms with van der Waals surface area (Å²) in [5.41, 5.74) is 2.34. The number of rotatable bonds is 3. The van der Waals surface area contributed by atoms with Crippen molar-refractivity contribution in [2.75, 3.05) is 16.2 Å². The quantitative estimate of drug-likeness (QED) is 0.937. The van der Waals surface area contributed by atoms with Gasteiger partial charge in [0.15, 0.2) is 0 Å². The maximum atomic E-state index is 12.3. The van der Waals surface area contributed by atoms with Gasteiger partial charge in [-0.1, -0.05) is 12.1 Å². The van der Waals surface area contributed by atoms with Gasteiger partial charge in [-0.3, -0.25) is 9.52 Å². The number of fused-ring (bicyclic) bond motifs is 1. The summed E-state index contributed by atoms with van der Waals surface area (Å²) in [5, 5.41) is 1.72. The first kappa shape index (κ1) is 15.1. The highest BCUT2D eigenvalue weighted by Gasteiger charge is 2.21. The van der Waals surface area contributed by atoms with Gasteiger partial charge >= 0.3 is 0 Å². The molecule has 2 aromatic rings. The Morgan fingerprint density at radius 1 is 1.32 bits per heavy atom. The van der Waals surface area contributed by atoms with Crippen molar-refractivity contribution in [3.8, 4) is 0 Å². The minimum Gasteiger partial charge on any atom is -0.312 e. The highest BCUT2D eigenvalue weighted by atomic mass is 32.2. The van der Waals surface area contributed by atoms with E-state index in [1.54, 1.807) is 34.5 Å². The van der Waals surface area contributed by atoms with Gasteiger partial charge in [-0.05, 0) is 42.0 Å². The fourth-order valence-corrected chi connectivity index (χ4v) is 4.63. The normalized spacial score (nSPS) is 14.5. The fraction of sp³-hybridized carbons (Fsp3) is 0.267. The van der Waals surface area contributed by atoms with Crippen molar-refractivity contribution in [1.82, 2.24) is 0 Å². The van der Waals surface area contributed by atoms with Gasteiger partial charge < -0.3 is 4.90 Å². The summed E-state index contributed by atoms with van der Waals surface area (Å²) in [5.74, 6) is -0.0285. The van der Waals surface area contributed by atoms with Crippen LogP contribution in [-0.2, 0) is 21.2 Å². The Bertz CT molecular complexity index is 798. The second-order valence-corrected chi connectivity index (χ2v) is 8.01. The summed E-state index contributed by atoms with van der Waals surface area (Å²) in [6, 6.07) is 8.63. The SMILES string of the molecule is CC(=O)N1CCCc2ccc(NS(=O)(=O)c3cccs3)cc21. The van der Waals surface area contributed by atoms with Crippen LogP contribution in [0.2, 0.25) is 0 Å². The summed E-state index contributed by atoms with van der Waals surface area (Å²) >= 11 is 1.17. The molecule has 1 aromatic carbocycles. The van der Waals surface area contributed by atoms with Gasteiger partial charge in [0.2, 0.25) is 5.91 Å². The standard InChI is InChI=1S/C15H16N2O3S2/c1-11(18)17-8-2-4-12-6-7-13(10-14(12)17)16-22(19,20)15-5-3-9-21-15/h3,5-7,9-10,16H,2,4,8H2,1H3. The zero-order valence-corrected chi connectivity index (χ0v) is 13.7. The van der Waals surface area contributed by atoms with Gasteiger partial charge in [0.05, 0.1) is 5.69 Å². The first-order chi connectivity index (χ1) is 10.5. The molecule has 7 heteroatoms. The minimum atomic E-state index is -3.57. The number of amides is 1. The number of thiophene rings is 1. The monoisotopic (exact) mass is 336 g/mol. The number of hydrogen-bond acceptors (Lipinski definition) is 4. The van der Waals surface area contributed by atoms with Gasteiger partial charge in [-0.25, -0.2) is 8.42 Å². The Morgan fingerprint density at radius 3 is 2.82 bits per heavy atom. The number of nitrogens with zero attached hydrogens (tertiary/aromatic N) is 1. The van der Waals surface area contributed by atoms with Crippen LogP contribution in [-0.4, -0.2) is 20.9 Å². The lowest BCUT2D eigenvalue weighted by Crippen LogP contribution is -2.33. The largest absolute Gasteiger partial charge is 0.312 e. The van der Waals surface area contributed by atoms with Crippen molar-refractivity contribution in [2.45, 2.75) is 24.0 Å². The van der Waals surface area contributed by atoms with Crippen LogP contribution >= 0.6 is 11.3 Å². The van der Waals surface area contributed by atoms with Gasteiger partial charge in [-0.15, -0.1) is 11.3 Å². The molecular weight excluding hydrogens is 320 g/mol. The average Bonchev–Trinajstić information content (AvgIpc) is 3.01. The van der Waals surface area contributed by atoms with E-state index in [1.807, 2.05) is 6.07 Å². The lowest BCUT2D eigenvalue weighted by Gasteiger charge is -2.29. The molecule has 0 unspecified atom stereocenters. The Balaban J connectivity index is 1.94. The van der Waals surface area contributed by atoms with E-state index in [1.165, 1.54) is 18.3 Å².